The molecule has 0 amide bonds. The van der Waals surface area contributed by atoms with Gasteiger partial charge in [0.05, 0.1) is 18.5 Å². The molecule has 0 bridgehead atoms. The first-order valence-corrected chi connectivity index (χ1v) is 8.07. The van der Waals surface area contributed by atoms with Gasteiger partial charge >= 0.3 is 0 Å². The van der Waals surface area contributed by atoms with Gasteiger partial charge in [-0.05, 0) is 30.7 Å². The van der Waals surface area contributed by atoms with Gasteiger partial charge in [-0.3, -0.25) is 10.7 Å². The van der Waals surface area contributed by atoms with Crippen molar-refractivity contribution in [1.29, 1.82) is 10.8 Å². The molecule has 0 saturated carbocycles. The van der Waals surface area contributed by atoms with E-state index in [0.717, 1.165) is 16.9 Å². The van der Waals surface area contributed by atoms with Gasteiger partial charge in [-0.25, -0.2) is 0 Å². The summed E-state index contributed by atoms with van der Waals surface area (Å²) in [5, 5.41) is 27.4. The highest BCUT2D eigenvalue weighted by Crippen LogP contribution is 2.23. The van der Waals surface area contributed by atoms with Crippen molar-refractivity contribution in [2.75, 3.05) is 7.11 Å². The number of aromatic hydroxyl groups is 1. The number of phenolic OH excluding ortho intramolecular Hbond substituents is 1. The Balaban J connectivity index is 2.29. The van der Waals surface area contributed by atoms with E-state index in [2.05, 4.69) is 0 Å². The number of benzene rings is 2. The topological polar surface area (TPSA) is 93.8 Å². The number of hydrogen-bond donors (Lipinski definition) is 4. The van der Waals surface area contributed by atoms with Crippen molar-refractivity contribution in [3.63, 3.8) is 0 Å². The summed E-state index contributed by atoms with van der Waals surface area (Å²) in [5.41, 5.74) is 2.98. The van der Waals surface area contributed by atoms with E-state index in [1.54, 1.807) is 38.3 Å². The van der Waals surface area contributed by atoms with Gasteiger partial charge in [0.25, 0.3) is 0 Å². The van der Waals surface area contributed by atoms with Crippen LogP contribution in [0.15, 0.2) is 54.2 Å². The van der Waals surface area contributed by atoms with Crippen LogP contribution in [0.5, 0.6) is 11.5 Å². The lowest BCUT2D eigenvalue weighted by atomic mass is 10.1. The summed E-state index contributed by atoms with van der Waals surface area (Å²) in [6.45, 7) is 1.58. The number of phenols is 1. The van der Waals surface area contributed by atoms with Crippen LogP contribution in [-0.2, 0) is 6.42 Å². The number of quaternary nitrogens is 1. The Morgan fingerprint density at radius 2 is 1.88 bits per heavy atom. The van der Waals surface area contributed by atoms with Gasteiger partial charge in [0.1, 0.15) is 22.2 Å². The van der Waals surface area contributed by atoms with Crippen LogP contribution < -0.4 is 10.1 Å². The number of nitrogens with two attached hydrogens (primary N) is 1. The number of hydrogen-bond acceptors (Lipinski definition) is 4. The lowest BCUT2D eigenvalue weighted by molar-refractivity contribution is -0.519. The summed E-state index contributed by atoms with van der Waals surface area (Å²) >= 11 is 6.31. The van der Waals surface area contributed by atoms with Crippen LogP contribution in [0.2, 0.25) is 5.02 Å². The molecule has 0 saturated heterocycles. The summed E-state index contributed by atoms with van der Waals surface area (Å²) in [5.74, 6) is 0.883. The molecule has 0 atom stereocenters. The molecule has 0 aliphatic heterocycles. The smallest absolute Gasteiger partial charge is 0.153 e. The number of halogens is 1. The lowest BCUT2D eigenvalue weighted by Crippen LogP contribution is -2.76. The van der Waals surface area contributed by atoms with Crippen LogP contribution >= 0.6 is 11.6 Å². The van der Waals surface area contributed by atoms with E-state index in [9.17, 15) is 5.11 Å². The van der Waals surface area contributed by atoms with Crippen LogP contribution in [0, 0.1) is 10.8 Å². The van der Waals surface area contributed by atoms with Crippen LogP contribution in [0.1, 0.15) is 12.5 Å². The zero-order valence-corrected chi connectivity index (χ0v) is 14.9. The van der Waals surface area contributed by atoms with Gasteiger partial charge < -0.3 is 15.3 Å². The fourth-order valence-electron chi connectivity index (χ4n) is 2.24. The molecule has 2 rings (SSSR count). The van der Waals surface area contributed by atoms with Crippen LogP contribution in [-0.4, -0.2) is 23.6 Å². The minimum absolute atomic E-state index is 0.148. The number of ether oxygens (including phenoxy) is 1. The second-order valence-corrected chi connectivity index (χ2v) is 6.04. The largest absolute Gasteiger partial charge is 0.508 e. The molecule has 0 fully saturated rings. The molecular formula is C19H21ClN3O2+. The second kappa shape index (κ2) is 8.46. The maximum atomic E-state index is 9.42. The van der Waals surface area contributed by atoms with E-state index in [1.807, 2.05) is 29.6 Å². The molecule has 6 heteroatoms. The maximum absolute atomic E-state index is 9.42. The van der Waals surface area contributed by atoms with E-state index in [0.29, 0.717) is 17.2 Å². The Morgan fingerprint density at radius 3 is 2.44 bits per heavy atom. The first-order valence-electron chi connectivity index (χ1n) is 7.70. The molecule has 0 spiro atoms. The van der Waals surface area contributed by atoms with Gasteiger partial charge in [-0.2, -0.15) is 0 Å². The van der Waals surface area contributed by atoms with Gasteiger partial charge in [-0.15, -0.1) is 0 Å². The predicted octanol–water partition coefficient (Wildman–Crippen LogP) is 3.44. The molecule has 2 aromatic carbocycles. The molecular weight excluding hydrogens is 338 g/mol. The van der Waals surface area contributed by atoms with Crippen molar-refractivity contribution in [2.45, 2.75) is 13.3 Å². The van der Waals surface area contributed by atoms with Gasteiger partial charge in [0.2, 0.25) is 0 Å². The van der Waals surface area contributed by atoms with E-state index < -0.39 is 0 Å². The molecule has 0 unspecified atom stereocenters. The molecule has 0 heterocycles. The minimum atomic E-state index is 0.148. The first kappa shape index (κ1) is 18.7. The fraction of sp³-hybridized carbons (Fsp3) is 0.158. The summed E-state index contributed by atoms with van der Waals surface area (Å²) in [6.07, 6.45) is 2.22. The average molecular weight is 359 g/mol. The zero-order chi connectivity index (χ0) is 18.4. The van der Waals surface area contributed by atoms with Crippen LogP contribution in [0.4, 0.5) is 5.69 Å². The molecule has 25 heavy (non-hydrogen) atoms. The SMILES string of the molecule is COc1ccc([NH2+]/C(=C\C(=N)C(C)=N)Cc2ccc(O)cc2)c(Cl)c1. The van der Waals surface area contributed by atoms with E-state index in [4.69, 9.17) is 27.2 Å². The summed E-state index contributed by atoms with van der Waals surface area (Å²) in [7, 11) is 1.58. The highest BCUT2D eigenvalue weighted by atomic mass is 35.5. The third-order valence-corrected chi connectivity index (χ3v) is 3.95. The van der Waals surface area contributed by atoms with Gasteiger partial charge in [0.15, 0.2) is 5.69 Å². The monoisotopic (exact) mass is 358 g/mol. The minimum Gasteiger partial charge on any atom is -0.508 e. The van der Waals surface area contributed by atoms with Gasteiger partial charge in [0, 0.05) is 24.6 Å². The summed E-state index contributed by atoms with van der Waals surface area (Å²) in [6, 6.07) is 12.3. The normalized spacial score (nSPS) is 11.2. The first-order chi connectivity index (χ1) is 11.9. The Hall–Kier alpha value is -2.63. The zero-order valence-electron chi connectivity index (χ0n) is 14.1. The molecule has 5 N–H and O–H groups in total. The molecule has 0 aliphatic carbocycles. The van der Waals surface area contributed by atoms with Crippen molar-refractivity contribution in [3.05, 3.63) is 64.8 Å². The third kappa shape index (κ3) is 5.45. The van der Waals surface area contributed by atoms with Crippen molar-refractivity contribution in [2.24, 2.45) is 0 Å². The summed E-state index contributed by atoms with van der Waals surface area (Å²) in [4.78, 5) is 0. The van der Waals surface area contributed by atoms with Crippen LogP contribution in [0.25, 0.3) is 0 Å². The highest BCUT2D eigenvalue weighted by Gasteiger charge is 2.12. The summed E-state index contributed by atoms with van der Waals surface area (Å²) < 4.78 is 5.16. The molecule has 0 radical (unpaired) electrons. The number of allylic oxidation sites excluding steroid dienone is 2. The molecule has 130 valence electrons. The molecule has 5 nitrogen and oxygen atoms in total. The van der Waals surface area contributed by atoms with Crippen molar-refractivity contribution >= 4 is 28.7 Å². The van der Waals surface area contributed by atoms with E-state index in [1.165, 1.54) is 0 Å². The predicted molar refractivity (Wildman–Crippen MR) is 101 cm³/mol. The second-order valence-electron chi connectivity index (χ2n) is 5.63. The average Bonchev–Trinajstić information content (AvgIpc) is 2.58. The van der Waals surface area contributed by atoms with Gasteiger partial charge in [-0.1, -0.05) is 23.7 Å². The molecule has 0 aromatic heterocycles. The highest BCUT2D eigenvalue weighted by molar-refractivity contribution is 6.43. The lowest BCUT2D eigenvalue weighted by Gasteiger charge is -2.09. The van der Waals surface area contributed by atoms with Crippen molar-refractivity contribution in [1.82, 2.24) is 0 Å². The Labute approximate surface area is 151 Å². The molecule has 2 aromatic rings. The van der Waals surface area contributed by atoms with E-state index >= 15 is 0 Å². The number of rotatable bonds is 7. The van der Waals surface area contributed by atoms with E-state index in [-0.39, 0.29) is 17.2 Å². The Morgan fingerprint density at radius 1 is 1.20 bits per heavy atom. The Bertz CT molecular complexity index is 814. The third-order valence-electron chi connectivity index (χ3n) is 3.63. The van der Waals surface area contributed by atoms with Crippen molar-refractivity contribution < 1.29 is 15.2 Å². The number of nitrogens with one attached hydrogen (secondary N) is 2. The quantitative estimate of drug-likeness (QED) is 0.451. The standard InChI is InChI=1S/C19H20ClN3O2/c1-12(21)18(22)10-14(9-13-3-5-15(24)6-4-13)23-19-8-7-16(25-2)11-17(19)20/h3-8,10-11,21-24H,9H2,1-2H3/p+1/b14-10-,21-12?,22-18?. The van der Waals surface area contributed by atoms with Crippen molar-refractivity contribution in [3.8, 4) is 11.5 Å². The van der Waals surface area contributed by atoms with Crippen LogP contribution in [0.3, 0.4) is 0 Å². The maximum Gasteiger partial charge on any atom is 0.153 e. The fourth-order valence-corrected chi connectivity index (χ4v) is 2.46. The number of methoxy groups -OCH3 is 1. The Kier molecular flexibility index (Phi) is 6.33. The molecule has 0 aliphatic rings.